The summed E-state index contributed by atoms with van der Waals surface area (Å²) in [6.45, 7) is 0.996. The second-order valence-corrected chi connectivity index (χ2v) is 8.38. The van der Waals surface area contributed by atoms with E-state index in [1.165, 1.54) is 46.8 Å². The van der Waals surface area contributed by atoms with Crippen LogP contribution in [0.3, 0.4) is 0 Å². The van der Waals surface area contributed by atoms with Crippen LogP contribution in [0.15, 0.2) is 64.4 Å². The van der Waals surface area contributed by atoms with Gasteiger partial charge in [0.25, 0.3) is 5.56 Å². The number of imidazole rings is 1. The molecule has 1 aliphatic rings. The third-order valence-electron chi connectivity index (χ3n) is 6.12. The van der Waals surface area contributed by atoms with Crippen LogP contribution >= 0.6 is 0 Å². The maximum atomic E-state index is 13.6. The number of rotatable bonds is 6. The fourth-order valence-corrected chi connectivity index (χ4v) is 4.34. The minimum Gasteiger partial charge on any atom is -0.465 e. The van der Waals surface area contributed by atoms with E-state index in [4.69, 9.17) is 9.47 Å². The summed E-state index contributed by atoms with van der Waals surface area (Å²) in [5.41, 5.74) is 1.03. The molecule has 0 saturated carbocycles. The molecular formula is C25H23FN4O5. The van der Waals surface area contributed by atoms with Gasteiger partial charge in [-0.05, 0) is 54.8 Å². The first kappa shape index (κ1) is 22.7. The first-order valence-electron chi connectivity index (χ1n) is 11.2. The molecule has 1 atom stereocenters. The van der Waals surface area contributed by atoms with Gasteiger partial charge in [0.15, 0.2) is 11.2 Å². The number of halogens is 1. The van der Waals surface area contributed by atoms with Crippen molar-refractivity contribution in [2.75, 3.05) is 13.7 Å². The molecule has 5 rings (SSSR count). The molecule has 1 saturated heterocycles. The van der Waals surface area contributed by atoms with Crippen molar-refractivity contribution in [1.82, 2.24) is 18.7 Å². The molecule has 0 spiro atoms. The topological polar surface area (TPSA) is 97.4 Å². The Morgan fingerprint density at radius 2 is 1.89 bits per heavy atom. The van der Waals surface area contributed by atoms with E-state index in [1.807, 2.05) is 0 Å². The van der Waals surface area contributed by atoms with Crippen molar-refractivity contribution in [3.8, 4) is 5.69 Å². The SMILES string of the molecule is COC(=O)c1ccc(Cn2cnc3c2c(=O)n(CC2CCCO2)c(=O)n3-c2ccc(F)cc2)cc1. The molecule has 0 N–H and O–H groups in total. The molecule has 0 aliphatic carbocycles. The number of hydrogen-bond donors (Lipinski definition) is 0. The largest absolute Gasteiger partial charge is 0.465 e. The summed E-state index contributed by atoms with van der Waals surface area (Å²) in [6, 6.07) is 12.3. The number of esters is 1. The number of nitrogens with zero attached hydrogens (tertiary/aromatic N) is 4. The van der Waals surface area contributed by atoms with E-state index < -0.39 is 23.0 Å². The minimum atomic E-state index is -0.558. The van der Waals surface area contributed by atoms with E-state index in [0.717, 1.165) is 18.4 Å². The number of ether oxygens (including phenoxy) is 2. The number of fused-ring (bicyclic) bond motifs is 1. The first-order valence-corrected chi connectivity index (χ1v) is 11.2. The molecule has 2 aromatic heterocycles. The summed E-state index contributed by atoms with van der Waals surface area (Å²) in [6.07, 6.45) is 2.89. The van der Waals surface area contributed by atoms with Gasteiger partial charge in [-0.1, -0.05) is 12.1 Å². The van der Waals surface area contributed by atoms with Gasteiger partial charge in [0, 0.05) is 13.2 Å². The Morgan fingerprint density at radius 3 is 2.54 bits per heavy atom. The number of hydrogen-bond acceptors (Lipinski definition) is 6. The van der Waals surface area contributed by atoms with Crippen LogP contribution in [0, 0.1) is 5.82 Å². The fourth-order valence-electron chi connectivity index (χ4n) is 4.34. The first-order chi connectivity index (χ1) is 17.0. The maximum absolute atomic E-state index is 13.6. The minimum absolute atomic E-state index is 0.119. The van der Waals surface area contributed by atoms with Gasteiger partial charge >= 0.3 is 11.7 Å². The van der Waals surface area contributed by atoms with Crippen LogP contribution in [-0.4, -0.2) is 44.5 Å². The molecule has 1 unspecified atom stereocenters. The van der Waals surface area contributed by atoms with Gasteiger partial charge in [-0.2, -0.15) is 0 Å². The highest BCUT2D eigenvalue weighted by Gasteiger charge is 2.23. The van der Waals surface area contributed by atoms with Crippen LogP contribution in [0.5, 0.6) is 0 Å². The van der Waals surface area contributed by atoms with Gasteiger partial charge in [-0.3, -0.25) is 9.36 Å². The number of methoxy groups -OCH3 is 1. The Hall–Kier alpha value is -4.05. The highest BCUT2D eigenvalue weighted by Crippen LogP contribution is 2.17. The quantitative estimate of drug-likeness (QED) is 0.395. The van der Waals surface area contributed by atoms with E-state index in [2.05, 4.69) is 4.98 Å². The average molecular weight is 478 g/mol. The highest BCUT2D eigenvalue weighted by atomic mass is 19.1. The van der Waals surface area contributed by atoms with Crippen molar-refractivity contribution < 1.29 is 18.7 Å². The van der Waals surface area contributed by atoms with E-state index in [-0.39, 0.29) is 30.4 Å². The van der Waals surface area contributed by atoms with Crippen molar-refractivity contribution in [2.24, 2.45) is 0 Å². The molecule has 0 bridgehead atoms. The molecule has 9 nitrogen and oxygen atoms in total. The third kappa shape index (κ3) is 4.28. The van der Waals surface area contributed by atoms with Crippen molar-refractivity contribution in [3.63, 3.8) is 0 Å². The smallest absolute Gasteiger partial charge is 0.337 e. The Balaban J connectivity index is 1.64. The molecule has 180 valence electrons. The van der Waals surface area contributed by atoms with Crippen molar-refractivity contribution in [2.45, 2.75) is 32.0 Å². The van der Waals surface area contributed by atoms with Gasteiger partial charge in [0.2, 0.25) is 0 Å². The second kappa shape index (κ2) is 9.30. The Bertz CT molecular complexity index is 1500. The Morgan fingerprint density at radius 1 is 1.14 bits per heavy atom. The molecule has 2 aromatic carbocycles. The second-order valence-electron chi connectivity index (χ2n) is 8.38. The fraction of sp³-hybridized carbons (Fsp3) is 0.280. The van der Waals surface area contributed by atoms with Crippen molar-refractivity contribution in [1.29, 1.82) is 0 Å². The molecule has 0 radical (unpaired) electrons. The van der Waals surface area contributed by atoms with Crippen LogP contribution in [0.25, 0.3) is 16.9 Å². The van der Waals surface area contributed by atoms with E-state index >= 15 is 0 Å². The number of benzene rings is 2. The van der Waals surface area contributed by atoms with Crippen LogP contribution < -0.4 is 11.2 Å². The molecule has 0 amide bonds. The van der Waals surface area contributed by atoms with Crippen LogP contribution in [0.2, 0.25) is 0 Å². The number of carbonyl (C=O) groups is 1. The Kier molecular flexibility index (Phi) is 6.04. The molecular weight excluding hydrogens is 455 g/mol. The molecule has 3 heterocycles. The standard InChI is InChI=1S/C25H23FN4O5/c1-34-24(32)17-6-4-16(5-7-17)13-28-15-27-22-21(28)23(31)29(14-20-3-2-12-35-20)25(33)30(22)19-10-8-18(26)9-11-19/h4-11,15,20H,2-3,12-14H2,1H3. The third-order valence-corrected chi connectivity index (χ3v) is 6.12. The molecule has 35 heavy (non-hydrogen) atoms. The van der Waals surface area contributed by atoms with Gasteiger partial charge in [-0.25, -0.2) is 23.5 Å². The van der Waals surface area contributed by atoms with Gasteiger partial charge in [0.1, 0.15) is 5.82 Å². The van der Waals surface area contributed by atoms with Gasteiger partial charge < -0.3 is 14.0 Å². The van der Waals surface area contributed by atoms with Gasteiger partial charge in [0.05, 0.1) is 37.3 Å². The predicted octanol–water partition coefficient (Wildman–Crippen LogP) is 2.50. The van der Waals surface area contributed by atoms with Crippen LogP contribution in [0.1, 0.15) is 28.8 Å². The van der Waals surface area contributed by atoms with E-state index in [9.17, 15) is 18.8 Å². The molecule has 10 heteroatoms. The summed E-state index contributed by atoms with van der Waals surface area (Å²) in [5.74, 6) is -0.878. The predicted molar refractivity (Wildman–Crippen MR) is 125 cm³/mol. The zero-order valence-corrected chi connectivity index (χ0v) is 19.0. The number of aromatic nitrogens is 4. The summed E-state index contributed by atoms with van der Waals surface area (Å²) in [5, 5.41) is 0. The van der Waals surface area contributed by atoms with Crippen molar-refractivity contribution in [3.05, 3.63) is 92.6 Å². The lowest BCUT2D eigenvalue weighted by Crippen LogP contribution is -2.42. The zero-order valence-electron chi connectivity index (χ0n) is 19.0. The molecule has 4 aromatic rings. The van der Waals surface area contributed by atoms with Gasteiger partial charge in [-0.15, -0.1) is 0 Å². The van der Waals surface area contributed by atoms with Crippen LogP contribution in [0.4, 0.5) is 4.39 Å². The van der Waals surface area contributed by atoms with Crippen LogP contribution in [-0.2, 0) is 22.6 Å². The summed E-state index contributed by atoms with van der Waals surface area (Å²) in [4.78, 5) is 43.1. The van der Waals surface area contributed by atoms with E-state index in [0.29, 0.717) is 17.9 Å². The molecule has 1 fully saturated rings. The van der Waals surface area contributed by atoms with E-state index in [1.54, 1.807) is 28.8 Å². The monoisotopic (exact) mass is 478 g/mol. The summed E-state index contributed by atoms with van der Waals surface area (Å²) in [7, 11) is 1.32. The maximum Gasteiger partial charge on any atom is 0.337 e. The summed E-state index contributed by atoms with van der Waals surface area (Å²) < 4.78 is 28.1. The zero-order chi connectivity index (χ0) is 24.5. The average Bonchev–Trinajstić information content (AvgIpc) is 3.53. The lowest BCUT2D eigenvalue weighted by atomic mass is 10.1. The Labute approximate surface area is 199 Å². The normalized spacial score (nSPS) is 15.5. The lowest BCUT2D eigenvalue weighted by molar-refractivity contribution is 0.0600. The highest BCUT2D eigenvalue weighted by molar-refractivity contribution is 5.89. The summed E-state index contributed by atoms with van der Waals surface area (Å²) >= 11 is 0. The number of carbonyl (C=O) groups excluding carboxylic acids is 1. The molecule has 1 aliphatic heterocycles. The lowest BCUT2D eigenvalue weighted by Gasteiger charge is -2.15. The van der Waals surface area contributed by atoms with Crippen molar-refractivity contribution >= 4 is 17.1 Å².